The van der Waals surface area contributed by atoms with Crippen molar-refractivity contribution in [2.75, 3.05) is 7.11 Å². The molecule has 2 heterocycles. The van der Waals surface area contributed by atoms with E-state index in [2.05, 4.69) is 15.2 Å². The van der Waals surface area contributed by atoms with E-state index in [1.54, 1.807) is 6.07 Å². The first-order chi connectivity index (χ1) is 12.4. The lowest BCUT2D eigenvalue weighted by Gasteiger charge is -2.03. The van der Waals surface area contributed by atoms with E-state index in [1.807, 2.05) is 43.5 Å². The maximum absolute atomic E-state index is 11.2. The zero-order chi connectivity index (χ0) is 18.8. The van der Waals surface area contributed by atoms with E-state index in [4.69, 9.17) is 4.74 Å². The Balaban J connectivity index is 2.09. The molecule has 0 saturated carbocycles. The maximum Gasteiger partial charge on any atom is 0.313 e. The van der Waals surface area contributed by atoms with Gasteiger partial charge in [-0.3, -0.25) is 14.5 Å². The Hall–Kier alpha value is -3.29. The van der Waals surface area contributed by atoms with Gasteiger partial charge in [0.05, 0.1) is 23.4 Å². The third-order valence-corrected chi connectivity index (χ3v) is 4.01. The highest BCUT2D eigenvalue weighted by Gasteiger charge is 2.17. The van der Waals surface area contributed by atoms with Gasteiger partial charge in [-0.15, -0.1) is 10.2 Å². The number of nitro benzene ring substituents is 1. The number of hydrogen-bond donors (Lipinski definition) is 0. The summed E-state index contributed by atoms with van der Waals surface area (Å²) in [5, 5.41) is 19.7. The van der Waals surface area contributed by atoms with Crippen molar-refractivity contribution in [1.29, 1.82) is 0 Å². The maximum atomic E-state index is 11.2. The number of rotatable bonds is 5. The Morgan fingerprint density at radius 3 is 2.69 bits per heavy atom. The van der Waals surface area contributed by atoms with Crippen molar-refractivity contribution >= 4 is 22.8 Å². The van der Waals surface area contributed by atoms with E-state index in [1.165, 1.54) is 19.2 Å². The van der Waals surface area contributed by atoms with E-state index >= 15 is 0 Å². The SMILES string of the molecule is COc1ccc(N=Nc2c(C(C)C)nc3c(C)cccn23)cc1[N+](=O)[O-]. The standard InChI is InChI=1S/C18H19N5O3/c1-11(2)16-18(22-9-5-6-12(3)17(22)19-16)21-20-13-7-8-15(26-4)14(10-13)23(24)25/h5-11H,1-4H3. The Morgan fingerprint density at radius 2 is 2.04 bits per heavy atom. The highest BCUT2D eigenvalue weighted by molar-refractivity contribution is 5.58. The smallest absolute Gasteiger partial charge is 0.313 e. The Morgan fingerprint density at radius 1 is 1.27 bits per heavy atom. The molecule has 0 fully saturated rings. The summed E-state index contributed by atoms with van der Waals surface area (Å²) in [5.74, 6) is 0.966. The minimum atomic E-state index is -0.505. The zero-order valence-electron chi connectivity index (χ0n) is 15.0. The summed E-state index contributed by atoms with van der Waals surface area (Å²) in [4.78, 5) is 15.3. The molecular formula is C18H19N5O3. The quantitative estimate of drug-likeness (QED) is 0.362. The number of ether oxygens (including phenoxy) is 1. The molecule has 134 valence electrons. The molecule has 26 heavy (non-hydrogen) atoms. The van der Waals surface area contributed by atoms with Crippen molar-refractivity contribution in [2.24, 2.45) is 10.2 Å². The van der Waals surface area contributed by atoms with Gasteiger partial charge < -0.3 is 4.74 Å². The summed E-state index contributed by atoms with van der Waals surface area (Å²) in [6.07, 6.45) is 1.88. The molecule has 8 nitrogen and oxygen atoms in total. The lowest BCUT2D eigenvalue weighted by Crippen LogP contribution is -1.92. The van der Waals surface area contributed by atoms with E-state index < -0.39 is 4.92 Å². The fraction of sp³-hybridized carbons (Fsp3) is 0.278. The van der Waals surface area contributed by atoms with Gasteiger partial charge in [-0.25, -0.2) is 4.98 Å². The second-order valence-corrected chi connectivity index (χ2v) is 6.17. The van der Waals surface area contributed by atoms with Crippen LogP contribution in [0.15, 0.2) is 46.8 Å². The van der Waals surface area contributed by atoms with Gasteiger partial charge in [-0.05, 0) is 36.6 Å². The summed E-state index contributed by atoms with van der Waals surface area (Å²) in [7, 11) is 1.39. The van der Waals surface area contributed by atoms with Crippen LogP contribution < -0.4 is 4.74 Å². The van der Waals surface area contributed by atoms with Crippen LogP contribution in [-0.2, 0) is 0 Å². The van der Waals surface area contributed by atoms with Crippen LogP contribution in [0.1, 0.15) is 31.0 Å². The van der Waals surface area contributed by atoms with Crippen LogP contribution in [0.3, 0.4) is 0 Å². The van der Waals surface area contributed by atoms with Crippen LogP contribution in [-0.4, -0.2) is 21.4 Å². The third kappa shape index (κ3) is 3.13. The Kier molecular flexibility index (Phi) is 4.66. The highest BCUT2D eigenvalue weighted by atomic mass is 16.6. The molecule has 3 aromatic rings. The number of fused-ring (bicyclic) bond motifs is 1. The molecule has 0 aliphatic heterocycles. The van der Waals surface area contributed by atoms with Crippen LogP contribution in [0, 0.1) is 17.0 Å². The molecule has 2 aromatic heterocycles. The van der Waals surface area contributed by atoms with Crippen LogP contribution in [0.5, 0.6) is 5.75 Å². The highest BCUT2D eigenvalue weighted by Crippen LogP contribution is 2.33. The average molecular weight is 353 g/mol. The summed E-state index contributed by atoms with van der Waals surface area (Å²) in [6, 6.07) is 8.38. The van der Waals surface area contributed by atoms with Crippen LogP contribution in [0.4, 0.5) is 17.2 Å². The number of aryl methyl sites for hydroxylation is 1. The predicted octanol–water partition coefficient (Wildman–Crippen LogP) is 5.10. The van der Waals surface area contributed by atoms with Gasteiger partial charge in [-0.1, -0.05) is 19.9 Å². The normalized spacial score (nSPS) is 11.6. The summed E-state index contributed by atoms with van der Waals surface area (Å²) >= 11 is 0. The van der Waals surface area contributed by atoms with Gasteiger partial charge in [0.25, 0.3) is 0 Å². The molecule has 0 atom stereocenters. The molecule has 0 saturated heterocycles. The van der Waals surface area contributed by atoms with Crippen molar-refractivity contribution in [3.63, 3.8) is 0 Å². The molecule has 3 rings (SSSR count). The van der Waals surface area contributed by atoms with E-state index in [9.17, 15) is 10.1 Å². The Bertz CT molecular complexity index is 1010. The number of imidazole rings is 1. The number of aromatic nitrogens is 2. The first kappa shape index (κ1) is 17.5. The monoisotopic (exact) mass is 353 g/mol. The largest absolute Gasteiger partial charge is 0.490 e. The molecule has 0 amide bonds. The van der Waals surface area contributed by atoms with Gasteiger partial charge in [0.15, 0.2) is 11.6 Å². The van der Waals surface area contributed by atoms with Crippen LogP contribution in [0.2, 0.25) is 0 Å². The number of benzene rings is 1. The number of nitro groups is 1. The molecule has 0 radical (unpaired) electrons. The van der Waals surface area contributed by atoms with Gasteiger partial charge in [0.1, 0.15) is 5.65 Å². The molecule has 0 bridgehead atoms. The van der Waals surface area contributed by atoms with Gasteiger partial charge in [-0.2, -0.15) is 0 Å². The number of nitrogens with zero attached hydrogens (tertiary/aromatic N) is 5. The minimum absolute atomic E-state index is 0.151. The second kappa shape index (κ2) is 6.91. The number of pyridine rings is 1. The number of azo groups is 1. The van der Waals surface area contributed by atoms with E-state index in [-0.39, 0.29) is 17.4 Å². The third-order valence-electron chi connectivity index (χ3n) is 4.01. The molecule has 0 aliphatic rings. The van der Waals surface area contributed by atoms with Crippen molar-refractivity contribution in [3.05, 3.63) is 57.9 Å². The fourth-order valence-electron chi connectivity index (χ4n) is 2.68. The van der Waals surface area contributed by atoms with Gasteiger partial charge in [0.2, 0.25) is 0 Å². The van der Waals surface area contributed by atoms with Crippen LogP contribution in [0.25, 0.3) is 5.65 Å². The van der Waals surface area contributed by atoms with Gasteiger partial charge in [0, 0.05) is 12.3 Å². The van der Waals surface area contributed by atoms with Gasteiger partial charge >= 0.3 is 5.69 Å². The van der Waals surface area contributed by atoms with Crippen molar-refractivity contribution in [3.8, 4) is 5.75 Å². The first-order valence-corrected chi connectivity index (χ1v) is 8.14. The second-order valence-electron chi connectivity index (χ2n) is 6.17. The lowest BCUT2D eigenvalue weighted by molar-refractivity contribution is -0.385. The van der Waals surface area contributed by atoms with Crippen molar-refractivity contribution in [1.82, 2.24) is 9.38 Å². The zero-order valence-corrected chi connectivity index (χ0v) is 15.0. The molecular weight excluding hydrogens is 334 g/mol. The minimum Gasteiger partial charge on any atom is -0.490 e. The predicted molar refractivity (Wildman–Crippen MR) is 97.8 cm³/mol. The molecule has 0 N–H and O–H groups in total. The fourth-order valence-corrected chi connectivity index (χ4v) is 2.68. The molecule has 8 heteroatoms. The summed E-state index contributed by atoms with van der Waals surface area (Å²) in [5.41, 5.74) is 2.91. The van der Waals surface area contributed by atoms with Crippen LogP contribution >= 0.6 is 0 Å². The molecule has 0 aliphatic carbocycles. The number of hydrogen-bond acceptors (Lipinski definition) is 6. The van der Waals surface area contributed by atoms with Crippen molar-refractivity contribution in [2.45, 2.75) is 26.7 Å². The topological polar surface area (TPSA) is 94.4 Å². The Labute approximate surface area is 150 Å². The van der Waals surface area contributed by atoms with E-state index in [0.717, 1.165) is 16.9 Å². The van der Waals surface area contributed by atoms with E-state index in [0.29, 0.717) is 11.5 Å². The van der Waals surface area contributed by atoms with Crippen molar-refractivity contribution < 1.29 is 9.66 Å². The molecule has 0 unspecified atom stereocenters. The summed E-state index contributed by atoms with van der Waals surface area (Å²) < 4.78 is 6.89. The molecule has 1 aromatic carbocycles. The first-order valence-electron chi connectivity index (χ1n) is 8.14. The summed E-state index contributed by atoms with van der Waals surface area (Å²) in [6.45, 7) is 6.06. The average Bonchev–Trinajstić information content (AvgIpc) is 3.00. The number of methoxy groups -OCH3 is 1. The lowest BCUT2D eigenvalue weighted by atomic mass is 10.1. The molecule has 0 spiro atoms.